The predicted octanol–water partition coefficient (Wildman–Crippen LogP) is 4.95. The maximum Gasteiger partial charge on any atom is 0.300 e. The quantitative estimate of drug-likeness (QED) is 0.617. The van der Waals surface area contributed by atoms with E-state index in [0.29, 0.717) is 30.3 Å². The van der Waals surface area contributed by atoms with E-state index in [1.54, 1.807) is 17.0 Å². The van der Waals surface area contributed by atoms with Crippen molar-refractivity contribution >= 4 is 22.5 Å². The van der Waals surface area contributed by atoms with Crippen molar-refractivity contribution in [3.8, 4) is 11.6 Å². The summed E-state index contributed by atoms with van der Waals surface area (Å²) >= 11 is 0. The van der Waals surface area contributed by atoms with Gasteiger partial charge in [-0.15, -0.1) is 0 Å². The van der Waals surface area contributed by atoms with Gasteiger partial charge < -0.3 is 9.72 Å². The Morgan fingerprint density at radius 1 is 1.37 bits per heavy atom. The number of aromatic amines is 1. The van der Waals surface area contributed by atoms with Crippen LogP contribution in [0.1, 0.15) is 25.3 Å². The van der Waals surface area contributed by atoms with Crippen LogP contribution in [0.5, 0.6) is 11.6 Å². The number of nitrogens with zero attached hydrogens (tertiary/aromatic N) is 4. The SMILES string of the molecule is [C-]#[N+]c1ccc(Oc2ccc3[nH]cc(C[C@H](C)C(=O)N4CCC[C@H]4[N+]#[C-])c3c2)nc1. The summed E-state index contributed by atoms with van der Waals surface area (Å²) in [6.45, 7) is 16.9. The van der Waals surface area contributed by atoms with Gasteiger partial charge in [0.25, 0.3) is 0 Å². The molecule has 0 spiro atoms. The predicted molar refractivity (Wildman–Crippen MR) is 113 cm³/mol. The van der Waals surface area contributed by atoms with Gasteiger partial charge in [0.1, 0.15) is 5.75 Å². The van der Waals surface area contributed by atoms with Crippen molar-refractivity contribution in [3.63, 3.8) is 0 Å². The number of benzene rings is 1. The first-order valence-corrected chi connectivity index (χ1v) is 9.87. The van der Waals surface area contributed by atoms with Crippen LogP contribution in [0, 0.1) is 19.1 Å². The zero-order chi connectivity index (χ0) is 21.1. The number of rotatable bonds is 5. The van der Waals surface area contributed by atoms with Crippen molar-refractivity contribution < 1.29 is 9.53 Å². The fourth-order valence-electron chi connectivity index (χ4n) is 3.85. The highest BCUT2D eigenvalue weighted by molar-refractivity contribution is 5.86. The Hall–Kier alpha value is -3.84. The second-order valence-corrected chi connectivity index (χ2v) is 7.48. The van der Waals surface area contributed by atoms with Gasteiger partial charge in [0.15, 0.2) is 0 Å². The molecule has 1 saturated heterocycles. The number of carbonyl (C=O) groups excluding carboxylic acids is 1. The van der Waals surface area contributed by atoms with Gasteiger partial charge in [-0.05, 0) is 48.7 Å². The molecule has 0 bridgehead atoms. The van der Waals surface area contributed by atoms with E-state index in [9.17, 15) is 4.79 Å². The minimum atomic E-state index is -0.315. The number of pyridine rings is 1. The normalized spacial score (nSPS) is 16.8. The van der Waals surface area contributed by atoms with E-state index in [-0.39, 0.29) is 18.0 Å². The van der Waals surface area contributed by atoms with Gasteiger partial charge in [-0.1, -0.05) is 6.92 Å². The van der Waals surface area contributed by atoms with Crippen LogP contribution in [0.3, 0.4) is 0 Å². The van der Waals surface area contributed by atoms with Crippen molar-refractivity contribution in [2.24, 2.45) is 5.92 Å². The average Bonchev–Trinajstić information content (AvgIpc) is 3.40. The lowest BCUT2D eigenvalue weighted by Crippen LogP contribution is -2.38. The Bertz CT molecular complexity index is 1150. The van der Waals surface area contributed by atoms with Crippen LogP contribution in [0.15, 0.2) is 42.7 Å². The smallest absolute Gasteiger partial charge is 0.300 e. The Kier molecular flexibility index (Phi) is 5.36. The third-order valence-electron chi connectivity index (χ3n) is 5.41. The number of hydrogen-bond donors (Lipinski definition) is 1. The molecular formula is C23H21N5O2. The molecule has 30 heavy (non-hydrogen) atoms. The van der Waals surface area contributed by atoms with Gasteiger partial charge in [0.2, 0.25) is 17.5 Å². The van der Waals surface area contributed by atoms with E-state index in [1.807, 2.05) is 31.3 Å². The number of carbonyl (C=O) groups is 1. The van der Waals surface area contributed by atoms with Gasteiger partial charge in [0.05, 0.1) is 6.57 Å². The highest BCUT2D eigenvalue weighted by Gasteiger charge is 2.35. The maximum absolute atomic E-state index is 12.9. The van der Waals surface area contributed by atoms with Gasteiger partial charge in [-0.25, -0.2) is 16.4 Å². The number of H-pyrrole nitrogens is 1. The molecule has 2 aromatic heterocycles. The first-order chi connectivity index (χ1) is 14.6. The number of amides is 1. The average molecular weight is 399 g/mol. The van der Waals surface area contributed by atoms with Gasteiger partial charge >= 0.3 is 6.17 Å². The molecule has 1 amide bonds. The number of ether oxygens (including phenoxy) is 1. The number of fused-ring (bicyclic) bond motifs is 1. The molecule has 150 valence electrons. The molecule has 0 unspecified atom stereocenters. The van der Waals surface area contributed by atoms with Gasteiger partial charge in [0, 0.05) is 42.2 Å². The summed E-state index contributed by atoms with van der Waals surface area (Å²) in [7, 11) is 0. The topological polar surface area (TPSA) is 66.9 Å². The number of hydrogen-bond acceptors (Lipinski definition) is 3. The highest BCUT2D eigenvalue weighted by Crippen LogP contribution is 2.29. The Morgan fingerprint density at radius 2 is 2.23 bits per heavy atom. The minimum Gasteiger partial charge on any atom is -0.439 e. The van der Waals surface area contributed by atoms with Crippen LogP contribution in [0.4, 0.5) is 5.69 Å². The number of likely N-dealkylation sites (tertiary alicyclic amines) is 1. The molecule has 7 nitrogen and oxygen atoms in total. The van der Waals surface area contributed by atoms with E-state index in [0.717, 1.165) is 29.3 Å². The lowest BCUT2D eigenvalue weighted by Gasteiger charge is -2.20. The molecule has 1 aliphatic rings. The highest BCUT2D eigenvalue weighted by atomic mass is 16.5. The second-order valence-electron chi connectivity index (χ2n) is 7.48. The molecule has 0 saturated carbocycles. The zero-order valence-electron chi connectivity index (χ0n) is 16.6. The van der Waals surface area contributed by atoms with E-state index >= 15 is 0 Å². The number of aromatic nitrogens is 2. The van der Waals surface area contributed by atoms with Crippen LogP contribution in [0.25, 0.3) is 20.6 Å². The molecule has 1 aromatic carbocycles. The van der Waals surface area contributed by atoms with Crippen LogP contribution in [0.2, 0.25) is 0 Å². The number of nitrogens with one attached hydrogen (secondary N) is 1. The van der Waals surface area contributed by atoms with Crippen molar-refractivity contribution in [3.05, 3.63) is 71.1 Å². The standard InChI is InChI=1S/C23H21N5O2/c1-15(23(29)28-10-4-5-21(28)25-3)11-16-13-26-20-8-7-18(12-19(16)20)30-22-9-6-17(24-2)14-27-22/h6-9,12-15,21,26H,4-5,10-11H2,1H3/t15-,21-/m0/s1. The summed E-state index contributed by atoms with van der Waals surface area (Å²) in [6, 6.07) is 9.05. The van der Waals surface area contributed by atoms with E-state index < -0.39 is 0 Å². The summed E-state index contributed by atoms with van der Waals surface area (Å²) in [5, 5.41) is 0.994. The van der Waals surface area contributed by atoms with Crippen LogP contribution in [-0.4, -0.2) is 33.5 Å². The minimum absolute atomic E-state index is 0.0411. The summed E-state index contributed by atoms with van der Waals surface area (Å²) in [4.78, 5) is 28.9. The fourth-order valence-corrected chi connectivity index (χ4v) is 3.85. The third kappa shape index (κ3) is 3.83. The Labute approximate surface area is 174 Å². The molecule has 1 aliphatic heterocycles. The summed E-state index contributed by atoms with van der Waals surface area (Å²) in [5.74, 6) is 0.887. The molecule has 4 rings (SSSR count). The molecule has 2 atom stereocenters. The molecule has 1 N–H and O–H groups in total. The molecule has 3 heterocycles. The molecule has 0 aliphatic carbocycles. The molecular weight excluding hydrogens is 378 g/mol. The molecule has 1 fully saturated rings. The van der Waals surface area contributed by atoms with Gasteiger partial charge in [-0.3, -0.25) is 14.5 Å². The van der Waals surface area contributed by atoms with Gasteiger partial charge in [-0.2, -0.15) is 0 Å². The summed E-state index contributed by atoms with van der Waals surface area (Å²) < 4.78 is 5.84. The van der Waals surface area contributed by atoms with E-state index in [1.165, 1.54) is 6.20 Å². The van der Waals surface area contributed by atoms with Crippen LogP contribution in [-0.2, 0) is 11.2 Å². The summed E-state index contributed by atoms with van der Waals surface area (Å²) in [5.41, 5.74) is 2.46. The zero-order valence-corrected chi connectivity index (χ0v) is 16.6. The first kappa shape index (κ1) is 19.5. The Morgan fingerprint density at radius 3 is 2.97 bits per heavy atom. The van der Waals surface area contributed by atoms with Crippen LogP contribution >= 0.6 is 0 Å². The van der Waals surface area contributed by atoms with Crippen molar-refractivity contribution in [2.45, 2.75) is 32.4 Å². The maximum atomic E-state index is 12.9. The molecule has 7 heteroatoms. The first-order valence-electron chi connectivity index (χ1n) is 9.87. The molecule has 0 radical (unpaired) electrons. The van der Waals surface area contributed by atoms with Crippen molar-refractivity contribution in [1.82, 2.24) is 14.9 Å². The monoisotopic (exact) mass is 399 g/mol. The Balaban J connectivity index is 1.52. The summed E-state index contributed by atoms with van der Waals surface area (Å²) in [6.07, 6.45) is 5.33. The van der Waals surface area contributed by atoms with Crippen molar-refractivity contribution in [1.29, 1.82) is 0 Å². The third-order valence-corrected chi connectivity index (χ3v) is 5.41. The molecule has 3 aromatic rings. The van der Waals surface area contributed by atoms with Crippen molar-refractivity contribution in [2.75, 3.05) is 6.54 Å². The van der Waals surface area contributed by atoms with E-state index in [2.05, 4.69) is 19.7 Å². The van der Waals surface area contributed by atoms with E-state index in [4.69, 9.17) is 17.9 Å². The fraction of sp³-hybridized carbons (Fsp3) is 0.304. The lowest BCUT2D eigenvalue weighted by atomic mass is 9.99. The second kappa shape index (κ2) is 8.26. The van der Waals surface area contributed by atoms with Crippen LogP contribution < -0.4 is 4.74 Å². The largest absolute Gasteiger partial charge is 0.439 e. The lowest BCUT2D eigenvalue weighted by molar-refractivity contribution is -0.135.